The van der Waals surface area contributed by atoms with Crippen molar-refractivity contribution in [3.8, 4) is 0 Å². The Bertz CT molecular complexity index is 102. The quantitative estimate of drug-likeness (QED) is 0.470. The van der Waals surface area contributed by atoms with Gasteiger partial charge < -0.3 is 11.1 Å². The molecule has 3 N–H and O–H groups in total. The second kappa shape index (κ2) is 2.18. The third-order valence-corrected chi connectivity index (χ3v) is 1.51. The van der Waals surface area contributed by atoms with E-state index in [-0.39, 0.29) is 0 Å². The van der Waals surface area contributed by atoms with E-state index in [0.717, 1.165) is 25.2 Å². The molecule has 0 bridgehead atoms. The van der Waals surface area contributed by atoms with E-state index in [9.17, 15) is 0 Å². The molecule has 1 heterocycles. The molecule has 0 aliphatic carbocycles. The highest BCUT2D eigenvalue weighted by atomic mass is 14.9. The van der Waals surface area contributed by atoms with Crippen molar-refractivity contribution in [1.29, 1.82) is 0 Å². The van der Waals surface area contributed by atoms with E-state index in [1.165, 1.54) is 5.57 Å². The van der Waals surface area contributed by atoms with Crippen LogP contribution in [0.2, 0.25) is 0 Å². The van der Waals surface area contributed by atoms with Crippen LogP contribution >= 0.6 is 0 Å². The Morgan fingerprint density at radius 2 is 2.38 bits per heavy atom. The van der Waals surface area contributed by atoms with E-state index < -0.39 is 0 Å². The van der Waals surface area contributed by atoms with Crippen molar-refractivity contribution in [1.82, 2.24) is 5.32 Å². The monoisotopic (exact) mass is 112 g/mol. The van der Waals surface area contributed by atoms with E-state index in [1.54, 1.807) is 0 Å². The molecular weight excluding hydrogens is 100 g/mol. The standard InChI is InChI=1S/C6H12N2/c1-5-4-8-3-2-6(5)7/h8H,2-4,7H2,1H3. The number of nitrogens with one attached hydrogen (secondary N) is 1. The van der Waals surface area contributed by atoms with Crippen molar-refractivity contribution >= 4 is 0 Å². The molecule has 2 nitrogen and oxygen atoms in total. The molecule has 0 unspecified atom stereocenters. The Labute approximate surface area is 49.8 Å². The first-order valence-corrected chi connectivity index (χ1v) is 2.95. The molecule has 0 atom stereocenters. The number of hydrogen-bond acceptors (Lipinski definition) is 2. The molecule has 0 aromatic heterocycles. The lowest BCUT2D eigenvalue weighted by molar-refractivity contribution is 0.671. The Morgan fingerprint density at radius 3 is 2.75 bits per heavy atom. The van der Waals surface area contributed by atoms with Crippen LogP contribution in [0.15, 0.2) is 11.3 Å². The molecule has 0 aromatic rings. The predicted octanol–water partition coefficient (Wildman–Crippen LogP) is 0.212. The maximum absolute atomic E-state index is 5.62. The average Bonchev–Trinajstić information content (AvgIpc) is 1.77. The van der Waals surface area contributed by atoms with Crippen LogP contribution < -0.4 is 11.1 Å². The SMILES string of the molecule is CC1=C(N)CCNC1. The summed E-state index contributed by atoms with van der Waals surface area (Å²) in [5.74, 6) is 0. The average molecular weight is 112 g/mol. The molecule has 46 valence electrons. The summed E-state index contributed by atoms with van der Waals surface area (Å²) in [6.07, 6.45) is 1.02. The molecule has 1 aliphatic heterocycles. The first-order chi connectivity index (χ1) is 3.80. The Hall–Kier alpha value is -0.500. The van der Waals surface area contributed by atoms with Crippen molar-refractivity contribution in [3.63, 3.8) is 0 Å². The molecule has 0 spiro atoms. The lowest BCUT2D eigenvalue weighted by Crippen LogP contribution is -2.26. The summed E-state index contributed by atoms with van der Waals surface area (Å²) in [4.78, 5) is 0. The minimum absolute atomic E-state index is 0.978. The van der Waals surface area contributed by atoms with Crippen LogP contribution in [0.5, 0.6) is 0 Å². The van der Waals surface area contributed by atoms with Crippen molar-refractivity contribution in [3.05, 3.63) is 11.3 Å². The molecule has 0 saturated heterocycles. The summed E-state index contributed by atoms with van der Waals surface area (Å²) in [7, 11) is 0. The first-order valence-electron chi connectivity index (χ1n) is 2.95. The van der Waals surface area contributed by atoms with E-state index in [2.05, 4.69) is 12.2 Å². The third-order valence-electron chi connectivity index (χ3n) is 1.51. The topological polar surface area (TPSA) is 38.0 Å². The summed E-state index contributed by atoms with van der Waals surface area (Å²) in [5.41, 5.74) is 7.99. The van der Waals surface area contributed by atoms with Crippen LogP contribution in [0, 0.1) is 0 Å². The highest BCUT2D eigenvalue weighted by Gasteiger charge is 2.02. The van der Waals surface area contributed by atoms with E-state index in [1.807, 2.05) is 0 Å². The molecule has 0 fully saturated rings. The minimum atomic E-state index is 0.978. The Kier molecular flexibility index (Phi) is 1.53. The van der Waals surface area contributed by atoms with Crippen LogP contribution in [-0.2, 0) is 0 Å². The van der Waals surface area contributed by atoms with Gasteiger partial charge in [0, 0.05) is 18.8 Å². The lowest BCUT2D eigenvalue weighted by atomic mass is 10.1. The fourth-order valence-electron chi connectivity index (χ4n) is 0.826. The van der Waals surface area contributed by atoms with Gasteiger partial charge in [0.15, 0.2) is 0 Å². The lowest BCUT2D eigenvalue weighted by Gasteiger charge is -2.14. The van der Waals surface area contributed by atoms with E-state index in [0.29, 0.717) is 0 Å². The van der Waals surface area contributed by atoms with Gasteiger partial charge in [0.1, 0.15) is 0 Å². The van der Waals surface area contributed by atoms with Crippen molar-refractivity contribution < 1.29 is 0 Å². The fourth-order valence-corrected chi connectivity index (χ4v) is 0.826. The fraction of sp³-hybridized carbons (Fsp3) is 0.667. The molecule has 2 heteroatoms. The van der Waals surface area contributed by atoms with Gasteiger partial charge in [0.25, 0.3) is 0 Å². The summed E-state index contributed by atoms with van der Waals surface area (Å²) < 4.78 is 0. The second-order valence-electron chi connectivity index (χ2n) is 2.23. The molecular formula is C6H12N2. The largest absolute Gasteiger partial charge is 0.402 e. The van der Waals surface area contributed by atoms with Gasteiger partial charge >= 0.3 is 0 Å². The highest BCUT2D eigenvalue weighted by molar-refractivity contribution is 5.12. The van der Waals surface area contributed by atoms with Gasteiger partial charge in [-0.1, -0.05) is 0 Å². The van der Waals surface area contributed by atoms with Gasteiger partial charge in [0.05, 0.1) is 0 Å². The first kappa shape index (κ1) is 5.63. The highest BCUT2D eigenvalue weighted by Crippen LogP contribution is 2.03. The van der Waals surface area contributed by atoms with Crippen LogP contribution in [0.25, 0.3) is 0 Å². The summed E-state index contributed by atoms with van der Waals surface area (Å²) in [6.45, 7) is 4.09. The summed E-state index contributed by atoms with van der Waals surface area (Å²) in [5, 5.41) is 3.23. The summed E-state index contributed by atoms with van der Waals surface area (Å²) in [6, 6.07) is 0. The minimum Gasteiger partial charge on any atom is -0.402 e. The van der Waals surface area contributed by atoms with E-state index in [4.69, 9.17) is 5.73 Å². The van der Waals surface area contributed by atoms with Crippen molar-refractivity contribution in [2.24, 2.45) is 5.73 Å². The van der Waals surface area contributed by atoms with Gasteiger partial charge in [-0.25, -0.2) is 0 Å². The van der Waals surface area contributed by atoms with Crippen molar-refractivity contribution in [2.45, 2.75) is 13.3 Å². The number of nitrogens with two attached hydrogens (primary N) is 1. The molecule has 1 rings (SSSR count). The zero-order chi connectivity index (χ0) is 5.98. The molecule has 8 heavy (non-hydrogen) atoms. The van der Waals surface area contributed by atoms with Gasteiger partial charge in [-0.3, -0.25) is 0 Å². The maximum Gasteiger partial charge on any atom is 0.0182 e. The zero-order valence-corrected chi connectivity index (χ0v) is 5.20. The normalized spacial score (nSPS) is 21.6. The molecule has 1 aliphatic rings. The molecule has 0 radical (unpaired) electrons. The van der Waals surface area contributed by atoms with Crippen molar-refractivity contribution in [2.75, 3.05) is 13.1 Å². The van der Waals surface area contributed by atoms with Gasteiger partial charge in [-0.15, -0.1) is 0 Å². The van der Waals surface area contributed by atoms with Gasteiger partial charge in [-0.05, 0) is 18.9 Å². The smallest absolute Gasteiger partial charge is 0.0182 e. The van der Waals surface area contributed by atoms with Crippen LogP contribution in [0.1, 0.15) is 13.3 Å². The third kappa shape index (κ3) is 1.01. The van der Waals surface area contributed by atoms with Gasteiger partial charge in [-0.2, -0.15) is 0 Å². The zero-order valence-electron chi connectivity index (χ0n) is 5.20. The second-order valence-corrected chi connectivity index (χ2v) is 2.23. The maximum atomic E-state index is 5.62. The van der Waals surface area contributed by atoms with Crippen LogP contribution in [0.4, 0.5) is 0 Å². The summed E-state index contributed by atoms with van der Waals surface area (Å²) >= 11 is 0. The Morgan fingerprint density at radius 1 is 1.62 bits per heavy atom. The number of rotatable bonds is 0. The number of hydrogen-bond donors (Lipinski definition) is 2. The van der Waals surface area contributed by atoms with Crippen LogP contribution in [-0.4, -0.2) is 13.1 Å². The molecule has 0 aromatic carbocycles. The Balaban J connectivity index is 2.60. The van der Waals surface area contributed by atoms with Gasteiger partial charge in [0.2, 0.25) is 0 Å². The predicted molar refractivity (Wildman–Crippen MR) is 34.4 cm³/mol. The molecule has 0 saturated carbocycles. The van der Waals surface area contributed by atoms with E-state index >= 15 is 0 Å². The van der Waals surface area contributed by atoms with Crippen LogP contribution in [0.3, 0.4) is 0 Å². The molecule has 0 amide bonds.